The number of carbonyl (C=O) groups excluding carboxylic acids is 1. The maximum absolute atomic E-state index is 12.2. The van der Waals surface area contributed by atoms with Crippen LogP contribution in [0.15, 0.2) is 24.3 Å². The average molecular weight is 402 g/mol. The zero-order valence-corrected chi connectivity index (χ0v) is 15.0. The Kier molecular flexibility index (Phi) is 5.14. The van der Waals surface area contributed by atoms with Crippen molar-refractivity contribution in [3.05, 3.63) is 33.4 Å². The van der Waals surface area contributed by atoms with E-state index in [-0.39, 0.29) is 18.1 Å². The molecule has 0 aliphatic carbocycles. The molecular formula is C16H23IN2O2. The highest BCUT2D eigenvalue weighted by Crippen LogP contribution is 2.27. The minimum absolute atomic E-state index is 0.0868. The number of halogens is 1. The van der Waals surface area contributed by atoms with Gasteiger partial charge in [-0.1, -0.05) is 12.1 Å². The molecule has 1 fully saturated rings. The van der Waals surface area contributed by atoms with Gasteiger partial charge in [-0.3, -0.25) is 0 Å². The van der Waals surface area contributed by atoms with Crippen LogP contribution in [-0.4, -0.2) is 35.7 Å². The zero-order valence-electron chi connectivity index (χ0n) is 12.8. The lowest BCUT2D eigenvalue weighted by molar-refractivity contribution is 0.0186. The van der Waals surface area contributed by atoms with Gasteiger partial charge in [0.05, 0.1) is 0 Å². The Hall–Kier alpha value is -0.820. The molecule has 1 aromatic rings. The molecular weight excluding hydrogens is 379 g/mol. The second-order valence-corrected chi connectivity index (χ2v) is 7.78. The van der Waals surface area contributed by atoms with Crippen molar-refractivity contribution in [3.63, 3.8) is 0 Å². The van der Waals surface area contributed by atoms with E-state index in [1.807, 2.05) is 20.8 Å². The molecule has 116 valence electrons. The summed E-state index contributed by atoms with van der Waals surface area (Å²) < 4.78 is 6.66. The van der Waals surface area contributed by atoms with Gasteiger partial charge in [-0.25, -0.2) is 4.79 Å². The quantitative estimate of drug-likeness (QED) is 0.734. The van der Waals surface area contributed by atoms with Gasteiger partial charge in [-0.05, 0) is 67.5 Å². The number of ether oxygens (including phenoxy) is 1. The number of rotatable bonds is 1. The fourth-order valence-electron chi connectivity index (χ4n) is 2.53. The normalized spacial score (nSPS) is 23.0. The smallest absolute Gasteiger partial charge is 0.410 e. The van der Waals surface area contributed by atoms with Gasteiger partial charge in [0.25, 0.3) is 0 Å². The van der Waals surface area contributed by atoms with E-state index in [4.69, 9.17) is 10.5 Å². The van der Waals surface area contributed by atoms with Crippen LogP contribution in [0, 0.1) is 3.57 Å². The highest BCUT2D eigenvalue weighted by Gasteiger charge is 2.32. The van der Waals surface area contributed by atoms with Crippen LogP contribution in [0.25, 0.3) is 0 Å². The Morgan fingerprint density at radius 3 is 2.52 bits per heavy atom. The van der Waals surface area contributed by atoms with Gasteiger partial charge in [-0.2, -0.15) is 0 Å². The van der Waals surface area contributed by atoms with E-state index in [1.54, 1.807) is 4.90 Å². The summed E-state index contributed by atoms with van der Waals surface area (Å²) in [5.74, 6) is 0.170. The predicted molar refractivity (Wildman–Crippen MR) is 92.3 cm³/mol. The first-order valence-electron chi connectivity index (χ1n) is 7.25. The van der Waals surface area contributed by atoms with Crippen molar-refractivity contribution in [2.45, 2.75) is 44.8 Å². The summed E-state index contributed by atoms with van der Waals surface area (Å²) in [6.07, 6.45) is 0.556. The minimum atomic E-state index is -0.463. The lowest BCUT2D eigenvalue weighted by Crippen LogP contribution is -2.49. The number of likely N-dealkylation sites (tertiary alicyclic amines) is 1. The molecule has 2 atom stereocenters. The third kappa shape index (κ3) is 4.57. The summed E-state index contributed by atoms with van der Waals surface area (Å²) in [6.45, 7) is 6.94. The monoisotopic (exact) mass is 402 g/mol. The van der Waals surface area contributed by atoms with Crippen molar-refractivity contribution in [1.29, 1.82) is 0 Å². The lowest BCUT2D eigenvalue weighted by Gasteiger charge is -2.37. The summed E-state index contributed by atoms with van der Waals surface area (Å²) in [4.78, 5) is 14.0. The van der Waals surface area contributed by atoms with Crippen LogP contribution in [0.1, 0.15) is 38.7 Å². The number of piperidine rings is 1. The van der Waals surface area contributed by atoms with Crippen molar-refractivity contribution in [3.8, 4) is 0 Å². The first-order chi connectivity index (χ1) is 9.76. The Bertz CT molecular complexity index is 496. The van der Waals surface area contributed by atoms with Gasteiger partial charge in [0.1, 0.15) is 5.60 Å². The van der Waals surface area contributed by atoms with Crippen LogP contribution in [-0.2, 0) is 4.74 Å². The third-order valence-electron chi connectivity index (χ3n) is 3.62. The minimum Gasteiger partial charge on any atom is -0.444 e. The maximum Gasteiger partial charge on any atom is 0.410 e. The molecule has 21 heavy (non-hydrogen) atoms. The number of amides is 1. The molecule has 1 aliphatic heterocycles. The third-order valence-corrected chi connectivity index (χ3v) is 4.34. The first-order valence-corrected chi connectivity index (χ1v) is 8.33. The number of nitrogens with zero attached hydrogens (tertiary/aromatic N) is 1. The van der Waals surface area contributed by atoms with Gasteiger partial charge in [0.15, 0.2) is 0 Å². The Labute approximate surface area is 140 Å². The fraction of sp³-hybridized carbons (Fsp3) is 0.562. The number of hydrogen-bond acceptors (Lipinski definition) is 3. The Morgan fingerprint density at radius 2 is 1.95 bits per heavy atom. The van der Waals surface area contributed by atoms with E-state index in [9.17, 15) is 4.79 Å². The molecule has 1 aliphatic rings. The molecule has 1 heterocycles. The topological polar surface area (TPSA) is 55.6 Å². The van der Waals surface area contributed by atoms with Crippen molar-refractivity contribution in [2.75, 3.05) is 13.1 Å². The molecule has 0 bridgehead atoms. The average Bonchev–Trinajstić information content (AvgIpc) is 2.38. The van der Waals surface area contributed by atoms with Crippen molar-refractivity contribution >= 4 is 28.7 Å². The summed E-state index contributed by atoms with van der Waals surface area (Å²) in [5, 5.41) is 0. The molecule has 0 spiro atoms. The van der Waals surface area contributed by atoms with Crippen molar-refractivity contribution in [1.82, 2.24) is 4.90 Å². The summed E-state index contributed by atoms with van der Waals surface area (Å²) in [6, 6.07) is 8.45. The standard InChI is InChI=1S/C16H23IN2O2/c1-16(2,3)21-15(20)19-9-8-14(18)13(10-19)11-4-6-12(17)7-5-11/h4-7,13-14H,8-10,18H2,1-3H3/t13-,14+/m0/s1. The van der Waals surface area contributed by atoms with E-state index < -0.39 is 5.60 Å². The molecule has 1 aromatic carbocycles. The molecule has 0 unspecified atom stereocenters. The SMILES string of the molecule is CC(C)(C)OC(=O)N1CC[C@@H](N)[C@H](c2ccc(I)cc2)C1. The molecule has 2 N–H and O–H groups in total. The predicted octanol–water partition coefficient (Wildman–Crippen LogP) is 3.34. The van der Waals surface area contributed by atoms with Gasteiger partial charge in [0, 0.05) is 28.6 Å². The van der Waals surface area contributed by atoms with Crippen LogP contribution in [0.5, 0.6) is 0 Å². The van der Waals surface area contributed by atoms with E-state index >= 15 is 0 Å². The lowest BCUT2D eigenvalue weighted by atomic mass is 9.87. The van der Waals surface area contributed by atoms with Crippen LogP contribution < -0.4 is 5.73 Å². The molecule has 2 rings (SSSR count). The van der Waals surface area contributed by atoms with Gasteiger partial charge in [-0.15, -0.1) is 0 Å². The van der Waals surface area contributed by atoms with E-state index in [2.05, 4.69) is 46.9 Å². The van der Waals surface area contributed by atoms with E-state index in [0.29, 0.717) is 13.1 Å². The zero-order chi connectivity index (χ0) is 15.6. The molecule has 4 nitrogen and oxygen atoms in total. The second kappa shape index (κ2) is 6.52. The Morgan fingerprint density at radius 1 is 1.33 bits per heavy atom. The molecule has 1 amide bonds. The molecule has 0 radical (unpaired) electrons. The summed E-state index contributed by atoms with van der Waals surface area (Å²) >= 11 is 2.29. The van der Waals surface area contributed by atoms with Crippen LogP contribution in [0.3, 0.4) is 0 Å². The number of nitrogens with two attached hydrogens (primary N) is 1. The molecule has 1 saturated heterocycles. The van der Waals surface area contributed by atoms with Crippen molar-refractivity contribution in [2.24, 2.45) is 5.73 Å². The van der Waals surface area contributed by atoms with E-state index in [0.717, 1.165) is 6.42 Å². The second-order valence-electron chi connectivity index (χ2n) is 6.54. The fourth-order valence-corrected chi connectivity index (χ4v) is 2.88. The molecule has 5 heteroatoms. The highest BCUT2D eigenvalue weighted by molar-refractivity contribution is 14.1. The molecule has 0 aromatic heterocycles. The number of carbonyl (C=O) groups is 1. The van der Waals surface area contributed by atoms with Crippen LogP contribution in [0.4, 0.5) is 4.79 Å². The van der Waals surface area contributed by atoms with Gasteiger partial charge < -0.3 is 15.4 Å². The van der Waals surface area contributed by atoms with Crippen molar-refractivity contribution < 1.29 is 9.53 Å². The number of hydrogen-bond donors (Lipinski definition) is 1. The highest BCUT2D eigenvalue weighted by atomic mass is 127. The first kappa shape index (κ1) is 16.5. The number of benzene rings is 1. The van der Waals surface area contributed by atoms with Gasteiger partial charge in [0.2, 0.25) is 0 Å². The van der Waals surface area contributed by atoms with E-state index in [1.165, 1.54) is 9.13 Å². The van der Waals surface area contributed by atoms with Crippen LogP contribution >= 0.6 is 22.6 Å². The molecule has 0 saturated carbocycles. The van der Waals surface area contributed by atoms with Gasteiger partial charge >= 0.3 is 6.09 Å². The Balaban J connectivity index is 2.09. The van der Waals surface area contributed by atoms with Crippen LogP contribution in [0.2, 0.25) is 0 Å². The maximum atomic E-state index is 12.2. The summed E-state index contributed by atoms with van der Waals surface area (Å²) in [5.41, 5.74) is 6.99. The summed E-state index contributed by atoms with van der Waals surface area (Å²) in [7, 11) is 0. The largest absolute Gasteiger partial charge is 0.444 e.